The molecule has 4 aromatic rings. The van der Waals surface area contributed by atoms with Crippen LogP contribution in [0.4, 0.5) is 4.79 Å². The standard InChI is InChI=1S/C39H42N2O9/c42-23-27-5-1-25(2-6-27)21-40-31(17-29-9-11-33-35(19-29)49-15-13-47-33)37(44)38(45)32(18-30-10-12-34-36(20-30)50-16-14-48-34)41(39(40)46)22-26-3-7-28(24-43)8-4-26/h1-12,19-20,31-32,37-38,42-45H,13-18,21-24H2/t31-,32-,37+,38+/m1/s1. The molecule has 3 heterocycles. The van der Waals surface area contributed by atoms with Crippen LogP contribution >= 0.6 is 0 Å². The molecule has 0 bridgehead atoms. The van der Waals surface area contributed by atoms with Crippen LogP contribution in [-0.4, -0.2) is 87.0 Å². The molecule has 50 heavy (non-hydrogen) atoms. The Kier molecular flexibility index (Phi) is 10.1. The highest BCUT2D eigenvalue weighted by atomic mass is 16.6. The number of urea groups is 1. The molecule has 3 aliphatic rings. The second kappa shape index (κ2) is 15.0. The quantitative estimate of drug-likeness (QED) is 0.198. The predicted molar refractivity (Wildman–Crippen MR) is 183 cm³/mol. The van der Waals surface area contributed by atoms with Gasteiger partial charge in [0.2, 0.25) is 0 Å². The summed E-state index contributed by atoms with van der Waals surface area (Å²) in [6.07, 6.45) is -2.17. The zero-order valence-electron chi connectivity index (χ0n) is 27.7. The summed E-state index contributed by atoms with van der Waals surface area (Å²) in [5.41, 5.74) is 4.73. The highest BCUT2D eigenvalue weighted by molar-refractivity contribution is 5.76. The van der Waals surface area contributed by atoms with Crippen LogP contribution in [0, 0.1) is 0 Å². The van der Waals surface area contributed by atoms with Gasteiger partial charge in [-0.25, -0.2) is 4.79 Å². The molecule has 2 amide bonds. The third-order valence-corrected chi connectivity index (χ3v) is 9.65. The van der Waals surface area contributed by atoms with E-state index < -0.39 is 24.3 Å². The molecule has 3 aliphatic heterocycles. The van der Waals surface area contributed by atoms with E-state index in [1.54, 1.807) is 9.80 Å². The summed E-state index contributed by atoms with van der Waals surface area (Å²) in [4.78, 5) is 18.3. The molecule has 7 rings (SSSR count). The molecule has 4 aromatic carbocycles. The average molecular weight is 683 g/mol. The first-order valence-corrected chi connectivity index (χ1v) is 17.0. The molecule has 262 valence electrons. The third kappa shape index (κ3) is 7.22. The molecule has 0 radical (unpaired) electrons. The second-order valence-electron chi connectivity index (χ2n) is 13.0. The third-order valence-electron chi connectivity index (χ3n) is 9.65. The first kappa shape index (κ1) is 33.7. The summed E-state index contributed by atoms with van der Waals surface area (Å²) < 4.78 is 23.1. The van der Waals surface area contributed by atoms with Gasteiger partial charge in [-0.1, -0.05) is 60.7 Å². The summed E-state index contributed by atoms with van der Waals surface area (Å²) in [5, 5.41) is 43.5. The Morgan fingerprint density at radius 1 is 0.500 bits per heavy atom. The van der Waals surface area contributed by atoms with Crippen LogP contribution in [0.3, 0.4) is 0 Å². The Morgan fingerprint density at radius 2 is 0.840 bits per heavy atom. The molecule has 1 saturated heterocycles. The van der Waals surface area contributed by atoms with Gasteiger partial charge in [-0.3, -0.25) is 0 Å². The summed E-state index contributed by atoms with van der Waals surface area (Å²) in [7, 11) is 0. The van der Waals surface area contributed by atoms with Crippen LogP contribution in [0.1, 0.15) is 33.4 Å². The van der Waals surface area contributed by atoms with E-state index in [0.29, 0.717) is 49.4 Å². The Morgan fingerprint density at radius 3 is 1.22 bits per heavy atom. The lowest BCUT2D eigenvalue weighted by Crippen LogP contribution is -2.50. The number of ether oxygens (including phenoxy) is 4. The Bertz CT molecular complexity index is 1650. The average Bonchev–Trinajstić information content (AvgIpc) is 3.22. The monoisotopic (exact) mass is 682 g/mol. The van der Waals surface area contributed by atoms with Crippen molar-refractivity contribution in [3.8, 4) is 23.0 Å². The van der Waals surface area contributed by atoms with Crippen molar-refractivity contribution in [2.45, 2.75) is 63.4 Å². The number of benzene rings is 4. The highest BCUT2D eigenvalue weighted by Crippen LogP contribution is 2.36. The van der Waals surface area contributed by atoms with Crippen molar-refractivity contribution in [1.82, 2.24) is 9.80 Å². The van der Waals surface area contributed by atoms with Gasteiger partial charge in [-0.2, -0.15) is 0 Å². The van der Waals surface area contributed by atoms with Crippen molar-refractivity contribution in [3.63, 3.8) is 0 Å². The fourth-order valence-electron chi connectivity index (χ4n) is 6.91. The van der Waals surface area contributed by atoms with Gasteiger partial charge in [-0.15, -0.1) is 0 Å². The van der Waals surface area contributed by atoms with Crippen molar-refractivity contribution in [2.75, 3.05) is 26.4 Å². The first-order valence-electron chi connectivity index (χ1n) is 17.0. The molecule has 0 aromatic heterocycles. The van der Waals surface area contributed by atoms with E-state index in [2.05, 4.69) is 0 Å². The van der Waals surface area contributed by atoms with Gasteiger partial charge < -0.3 is 49.2 Å². The lowest BCUT2D eigenvalue weighted by molar-refractivity contribution is -0.0408. The summed E-state index contributed by atoms with van der Waals surface area (Å²) >= 11 is 0. The zero-order valence-corrected chi connectivity index (χ0v) is 27.7. The van der Waals surface area contributed by atoms with E-state index in [1.807, 2.05) is 84.9 Å². The van der Waals surface area contributed by atoms with Gasteiger partial charge in [-0.05, 0) is 70.5 Å². The van der Waals surface area contributed by atoms with Gasteiger partial charge >= 0.3 is 6.03 Å². The molecule has 11 nitrogen and oxygen atoms in total. The first-order chi connectivity index (χ1) is 24.4. The van der Waals surface area contributed by atoms with Crippen LogP contribution in [0.25, 0.3) is 0 Å². The molecule has 4 atom stereocenters. The molecular formula is C39H42N2O9. The van der Waals surface area contributed by atoms with Gasteiger partial charge in [0.15, 0.2) is 23.0 Å². The maximum Gasteiger partial charge on any atom is 0.321 e. The number of carbonyl (C=O) groups is 1. The lowest BCUT2D eigenvalue weighted by atomic mass is 9.90. The molecule has 0 spiro atoms. The summed E-state index contributed by atoms with van der Waals surface area (Å²) in [6, 6.07) is 23.9. The van der Waals surface area contributed by atoms with Gasteiger partial charge in [0.05, 0.1) is 25.3 Å². The van der Waals surface area contributed by atoms with E-state index in [4.69, 9.17) is 18.9 Å². The number of fused-ring (bicyclic) bond motifs is 2. The molecule has 11 heteroatoms. The van der Waals surface area contributed by atoms with Crippen LogP contribution < -0.4 is 18.9 Å². The van der Waals surface area contributed by atoms with Crippen LogP contribution in [-0.2, 0) is 39.1 Å². The van der Waals surface area contributed by atoms with E-state index in [-0.39, 0.29) is 45.2 Å². The topological polar surface area (TPSA) is 141 Å². The smallest absolute Gasteiger partial charge is 0.321 e. The van der Waals surface area contributed by atoms with Gasteiger partial charge in [0, 0.05) is 13.1 Å². The number of carbonyl (C=O) groups excluding carboxylic acids is 1. The fourth-order valence-corrected chi connectivity index (χ4v) is 6.91. The Labute approximate surface area is 290 Å². The molecule has 4 N–H and O–H groups in total. The second-order valence-corrected chi connectivity index (χ2v) is 13.0. The largest absolute Gasteiger partial charge is 0.486 e. The lowest BCUT2D eigenvalue weighted by Gasteiger charge is -2.36. The number of aliphatic hydroxyl groups is 4. The van der Waals surface area contributed by atoms with Crippen molar-refractivity contribution in [1.29, 1.82) is 0 Å². The molecule has 1 fully saturated rings. The maximum absolute atomic E-state index is 15.0. The zero-order chi connectivity index (χ0) is 34.6. The minimum absolute atomic E-state index is 0.106. The van der Waals surface area contributed by atoms with Crippen molar-refractivity contribution in [3.05, 3.63) is 118 Å². The highest BCUT2D eigenvalue weighted by Gasteiger charge is 2.46. The van der Waals surface area contributed by atoms with E-state index in [9.17, 15) is 20.4 Å². The van der Waals surface area contributed by atoms with E-state index >= 15 is 4.79 Å². The predicted octanol–water partition coefficient (Wildman–Crippen LogP) is 3.60. The number of hydrogen-bond acceptors (Lipinski definition) is 9. The summed E-state index contributed by atoms with van der Waals surface area (Å²) in [5.74, 6) is 2.46. The van der Waals surface area contributed by atoms with Crippen LogP contribution in [0.15, 0.2) is 84.9 Å². The van der Waals surface area contributed by atoms with Crippen LogP contribution in [0.5, 0.6) is 23.0 Å². The number of nitrogens with zero attached hydrogens (tertiary/aromatic N) is 2. The van der Waals surface area contributed by atoms with Crippen LogP contribution in [0.2, 0.25) is 0 Å². The number of amides is 2. The molecular weight excluding hydrogens is 640 g/mol. The van der Waals surface area contributed by atoms with E-state index in [1.165, 1.54) is 0 Å². The minimum Gasteiger partial charge on any atom is -0.486 e. The number of hydrogen-bond donors (Lipinski definition) is 4. The van der Waals surface area contributed by atoms with Crippen molar-refractivity contribution < 1.29 is 44.2 Å². The number of rotatable bonds is 10. The number of aliphatic hydroxyl groups excluding tert-OH is 4. The SMILES string of the molecule is O=C1N(Cc2ccc(CO)cc2)[C@H](Cc2ccc3c(c2)OCCO3)[C@H](O)[C@@H](O)[C@@H](Cc2ccc3c(c2)OCCO3)N1Cc1ccc(CO)cc1. The molecule has 0 aliphatic carbocycles. The maximum atomic E-state index is 15.0. The van der Waals surface area contributed by atoms with Crippen molar-refractivity contribution >= 4 is 6.03 Å². The fraction of sp³-hybridized carbons (Fsp3) is 0.359. The van der Waals surface area contributed by atoms with Gasteiger partial charge in [0.1, 0.15) is 38.6 Å². The summed E-state index contributed by atoms with van der Waals surface area (Å²) in [6.45, 7) is 1.86. The van der Waals surface area contributed by atoms with Gasteiger partial charge in [0.25, 0.3) is 0 Å². The normalized spacial score (nSPS) is 21.6. The van der Waals surface area contributed by atoms with Crippen molar-refractivity contribution in [2.24, 2.45) is 0 Å². The Balaban J connectivity index is 1.28. The Hall–Kier alpha value is -4.81. The molecule has 0 saturated carbocycles. The minimum atomic E-state index is -1.33. The van der Waals surface area contributed by atoms with E-state index in [0.717, 1.165) is 33.4 Å². The molecule has 0 unspecified atom stereocenters.